The molecule has 18 heavy (non-hydrogen) atoms. The minimum atomic E-state index is -3.51. The van der Waals surface area contributed by atoms with Crippen LogP contribution in [0.25, 0.3) is 0 Å². The molecule has 0 aromatic heterocycles. The van der Waals surface area contributed by atoms with Crippen molar-refractivity contribution < 1.29 is 13.5 Å². The summed E-state index contributed by atoms with van der Waals surface area (Å²) in [6.45, 7) is 5.94. The van der Waals surface area contributed by atoms with Crippen molar-refractivity contribution in [3.8, 4) is 0 Å². The van der Waals surface area contributed by atoms with Gasteiger partial charge in [-0.1, -0.05) is 23.8 Å². The molecule has 1 heterocycles. The van der Waals surface area contributed by atoms with Gasteiger partial charge in [-0.2, -0.15) is 4.31 Å². The minimum Gasteiger partial charge on any atom is -0.391 e. The fraction of sp³-hybridized carbons (Fsp3) is 0.385. The second-order valence-electron chi connectivity index (χ2n) is 4.60. The van der Waals surface area contributed by atoms with Gasteiger partial charge in [0.15, 0.2) is 0 Å². The zero-order valence-corrected chi connectivity index (χ0v) is 11.1. The lowest BCUT2D eigenvalue weighted by Crippen LogP contribution is -2.29. The van der Waals surface area contributed by atoms with E-state index < -0.39 is 16.1 Å². The lowest BCUT2D eigenvalue weighted by molar-refractivity contribution is 0.164. The summed E-state index contributed by atoms with van der Waals surface area (Å²) < 4.78 is 26.0. The standard InChI is InChI=1S/C13H17NO3S/c1-3-11-8-14(9-13(11)15)18(16,17)12-6-4-10(2)5-7-12/h3-7,11,13,15H,1,8-9H2,2H3/t11-,13+/m0/s1. The van der Waals surface area contributed by atoms with Gasteiger partial charge in [0.1, 0.15) is 0 Å². The van der Waals surface area contributed by atoms with Crippen molar-refractivity contribution in [2.75, 3.05) is 13.1 Å². The summed E-state index contributed by atoms with van der Waals surface area (Å²) in [5, 5.41) is 9.74. The van der Waals surface area contributed by atoms with Crippen LogP contribution >= 0.6 is 0 Å². The van der Waals surface area contributed by atoms with Gasteiger partial charge in [-0.05, 0) is 19.1 Å². The van der Waals surface area contributed by atoms with Crippen LogP contribution in [-0.2, 0) is 10.0 Å². The van der Waals surface area contributed by atoms with Crippen molar-refractivity contribution in [2.24, 2.45) is 5.92 Å². The first kappa shape index (κ1) is 13.3. The van der Waals surface area contributed by atoms with E-state index in [9.17, 15) is 13.5 Å². The Balaban J connectivity index is 2.27. The van der Waals surface area contributed by atoms with Crippen LogP contribution < -0.4 is 0 Å². The monoisotopic (exact) mass is 267 g/mol. The van der Waals surface area contributed by atoms with E-state index >= 15 is 0 Å². The van der Waals surface area contributed by atoms with E-state index in [0.717, 1.165) is 5.56 Å². The van der Waals surface area contributed by atoms with Gasteiger partial charge in [0.25, 0.3) is 0 Å². The lowest BCUT2D eigenvalue weighted by atomic mass is 10.1. The molecule has 0 spiro atoms. The van der Waals surface area contributed by atoms with Gasteiger partial charge < -0.3 is 5.11 Å². The molecular formula is C13H17NO3S. The molecule has 1 aliphatic rings. The fourth-order valence-electron chi connectivity index (χ4n) is 2.06. The second-order valence-corrected chi connectivity index (χ2v) is 6.54. The van der Waals surface area contributed by atoms with Crippen LogP contribution in [0.2, 0.25) is 0 Å². The lowest BCUT2D eigenvalue weighted by Gasteiger charge is -2.15. The van der Waals surface area contributed by atoms with Crippen molar-refractivity contribution >= 4 is 10.0 Å². The van der Waals surface area contributed by atoms with Crippen molar-refractivity contribution in [1.82, 2.24) is 4.31 Å². The molecule has 0 radical (unpaired) electrons. The zero-order chi connectivity index (χ0) is 13.3. The molecule has 2 atom stereocenters. The molecule has 0 amide bonds. The van der Waals surface area contributed by atoms with Crippen LogP contribution in [0.5, 0.6) is 0 Å². The minimum absolute atomic E-state index is 0.132. The quantitative estimate of drug-likeness (QED) is 0.836. The third-order valence-electron chi connectivity index (χ3n) is 3.26. The Hall–Kier alpha value is -1.17. The molecule has 0 saturated carbocycles. The fourth-order valence-corrected chi connectivity index (χ4v) is 3.56. The number of sulfonamides is 1. The summed E-state index contributed by atoms with van der Waals surface area (Å²) in [6.07, 6.45) is 0.942. The number of hydrogen-bond acceptors (Lipinski definition) is 3. The Morgan fingerprint density at radius 1 is 1.33 bits per heavy atom. The number of β-amino-alcohol motifs (C(OH)–C–C–N with tert-alkyl or cyclic N) is 1. The van der Waals surface area contributed by atoms with Crippen molar-refractivity contribution in [3.63, 3.8) is 0 Å². The highest BCUT2D eigenvalue weighted by Gasteiger charge is 2.36. The highest BCUT2D eigenvalue weighted by atomic mass is 32.2. The van der Waals surface area contributed by atoms with Gasteiger partial charge in [-0.3, -0.25) is 0 Å². The van der Waals surface area contributed by atoms with E-state index in [1.165, 1.54) is 4.31 Å². The van der Waals surface area contributed by atoms with E-state index in [-0.39, 0.29) is 17.4 Å². The summed E-state index contributed by atoms with van der Waals surface area (Å²) in [5.41, 5.74) is 1.01. The van der Waals surface area contributed by atoms with Crippen LogP contribution in [0.4, 0.5) is 0 Å². The number of aliphatic hydroxyl groups is 1. The highest BCUT2D eigenvalue weighted by molar-refractivity contribution is 7.89. The molecule has 4 nitrogen and oxygen atoms in total. The van der Waals surface area contributed by atoms with Crippen LogP contribution in [0.15, 0.2) is 41.8 Å². The molecule has 0 unspecified atom stereocenters. The third kappa shape index (κ3) is 2.34. The van der Waals surface area contributed by atoms with E-state index in [2.05, 4.69) is 6.58 Å². The van der Waals surface area contributed by atoms with Gasteiger partial charge in [-0.25, -0.2) is 8.42 Å². The molecule has 1 aromatic rings. The molecule has 0 aliphatic carbocycles. The number of rotatable bonds is 3. The Labute approximate surface area is 108 Å². The summed E-state index contributed by atoms with van der Waals surface area (Å²) in [4.78, 5) is 0.269. The zero-order valence-electron chi connectivity index (χ0n) is 10.3. The van der Waals surface area contributed by atoms with Gasteiger partial charge >= 0.3 is 0 Å². The maximum absolute atomic E-state index is 12.3. The van der Waals surface area contributed by atoms with Crippen LogP contribution in [0.1, 0.15) is 5.56 Å². The summed E-state index contributed by atoms with van der Waals surface area (Å²) in [6, 6.07) is 6.73. The van der Waals surface area contributed by atoms with Crippen molar-refractivity contribution in [2.45, 2.75) is 17.9 Å². The van der Waals surface area contributed by atoms with E-state index in [4.69, 9.17) is 0 Å². The Morgan fingerprint density at radius 2 is 1.94 bits per heavy atom. The number of nitrogens with zero attached hydrogens (tertiary/aromatic N) is 1. The molecule has 1 saturated heterocycles. The topological polar surface area (TPSA) is 57.6 Å². The number of aryl methyl sites for hydroxylation is 1. The maximum Gasteiger partial charge on any atom is 0.243 e. The molecule has 2 rings (SSSR count). The first-order valence-electron chi connectivity index (χ1n) is 5.82. The van der Waals surface area contributed by atoms with Crippen molar-refractivity contribution in [1.29, 1.82) is 0 Å². The number of hydrogen-bond donors (Lipinski definition) is 1. The van der Waals surface area contributed by atoms with Gasteiger partial charge in [0, 0.05) is 19.0 Å². The second kappa shape index (κ2) is 4.84. The molecule has 1 N–H and O–H groups in total. The van der Waals surface area contributed by atoms with Crippen LogP contribution in [-0.4, -0.2) is 37.0 Å². The van der Waals surface area contributed by atoms with E-state index in [1.807, 2.05) is 6.92 Å². The number of benzene rings is 1. The molecule has 5 heteroatoms. The smallest absolute Gasteiger partial charge is 0.243 e. The maximum atomic E-state index is 12.3. The van der Waals surface area contributed by atoms with E-state index in [1.54, 1.807) is 30.3 Å². The van der Waals surface area contributed by atoms with Gasteiger partial charge in [0.2, 0.25) is 10.0 Å². The van der Waals surface area contributed by atoms with Crippen LogP contribution in [0.3, 0.4) is 0 Å². The summed E-state index contributed by atoms with van der Waals surface area (Å²) in [5.74, 6) is -0.190. The molecule has 1 aliphatic heterocycles. The highest BCUT2D eigenvalue weighted by Crippen LogP contribution is 2.25. The SMILES string of the molecule is C=C[C@H]1CN(S(=O)(=O)c2ccc(C)cc2)C[C@H]1O. The molecular weight excluding hydrogens is 250 g/mol. The third-order valence-corrected chi connectivity index (χ3v) is 5.11. The van der Waals surface area contributed by atoms with Crippen molar-refractivity contribution in [3.05, 3.63) is 42.5 Å². The average Bonchev–Trinajstić information content (AvgIpc) is 2.72. The molecule has 1 fully saturated rings. The van der Waals surface area contributed by atoms with Gasteiger partial charge in [0.05, 0.1) is 11.0 Å². The average molecular weight is 267 g/mol. The van der Waals surface area contributed by atoms with Gasteiger partial charge in [-0.15, -0.1) is 6.58 Å². The molecule has 1 aromatic carbocycles. The Morgan fingerprint density at radius 3 is 2.44 bits per heavy atom. The largest absolute Gasteiger partial charge is 0.391 e. The normalized spacial score (nSPS) is 25.2. The van der Waals surface area contributed by atoms with Crippen LogP contribution in [0, 0.1) is 12.8 Å². The first-order chi connectivity index (χ1) is 8.45. The van der Waals surface area contributed by atoms with E-state index in [0.29, 0.717) is 6.54 Å². The summed E-state index contributed by atoms with van der Waals surface area (Å²) >= 11 is 0. The predicted octanol–water partition coefficient (Wildman–Crippen LogP) is 1.16. The molecule has 0 bridgehead atoms. The predicted molar refractivity (Wildman–Crippen MR) is 69.6 cm³/mol. The summed E-state index contributed by atoms with van der Waals surface area (Å²) in [7, 11) is -3.51. The number of aliphatic hydroxyl groups excluding tert-OH is 1. The Bertz CT molecular complexity index is 536. The first-order valence-corrected chi connectivity index (χ1v) is 7.26. The molecule has 98 valence electrons. The Kier molecular flexibility index (Phi) is 3.56.